The van der Waals surface area contributed by atoms with Crippen LogP contribution in [0.1, 0.15) is 5.76 Å². The van der Waals surface area contributed by atoms with Crippen LogP contribution in [0.2, 0.25) is 0 Å². The molecule has 0 bridgehead atoms. The molecule has 114 valence electrons. The van der Waals surface area contributed by atoms with Crippen molar-refractivity contribution in [2.24, 2.45) is 0 Å². The summed E-state index contributed by atoms with van der Waals surface area (Å²) in [7, 11) is 4.12. The van der Waals surface area contributed by atoms with Gasteiger partial charge in [-0.05, 0) is 38.4 Å². The van der Waals surface area contributed by atoms with Crippen molar-refractivity contribution in [1.29, 1.82) is 0 Å². The number of aromatic nitrogens is 3. The lowest BCUT2D eigenvalue weighted by Crippen LogP contribution is -2.31. The maximum atomic E-state index is 5.47. The van der Waals surface area contributed by atoms with E-state index in [1.165, 1.54) is 0 Å². The van der Waals surface area contributed by atoms with Crippen molar-refractivity contribution >= 4 is 17.0 Å². The van der Waals surface area contributed by atoms with Gasteiger partial charge in [-0.25, -0.2) is 9.97 Å². The Morgan fingerprint density at radius 2 is 1.91 bits per heavy atom. The van der Waals surface area contributed by atoms with Gasteiger partial charge in [0, 0.05) is 25.5 Å². The topological polar surface area (TPSA) is 58.3 Å². The molecule has 0 N–H and O–H groups in total. The van der Waals surface area contributed by atoms with Gasteiger partial charge in [0.2, 0.25) is 0 Å². The van der Waals surface area contributed by atoms with Crippen LogP contribution in [0, 0.1) is 0 Å². The summed E-state index contributed by atoms with van der Waals surface area (Å²) in [4.78, 5) is 17.5. The van der Waals surface area contributed by atoms with Crippen LogP contribution < -0.4 is 4.90 Å². The van der Waals surface area contributed by atoms with Gasteiger partial charge in [0.05, 0.1) is 12.8 Å². The molecule has 0 amide bonds. The van der Waals surface area contributed by atoms with Gasteiger partial charge in [-0.2, -0.15) is 0 Å². The van der Waals surface area contributed by atoms with E-state index in [0.717, 1.165) is 30.2 Å². The number of nitrogens with zero attached hydrogens (tertiary/aromatic N) is 5. The van der Waals surface area contributed by atoms with E-state index in [1.807, 2.05) is 24.3 Å². The van der Waals surface area contributed by atoms with Crippen LogP contribution in [0.4, 0.5) is 5.82 Å². The molecule has 0 spiro atoms. The van der Waals surface area contributed by atoms with Gasteiger partial charge in [0.25, 0.3) is 0 Å². The summed E-state index contributed by atoms with van der Waals surface area (Å²) in [5, 5.41) is 0. The molecule has 0 aliphatic heterocycles. The molecule has 0 atom stereocenters. The van der Waals surface area contributed by atoms with E-state index in [2.05, 4.69) is 38.8 Å². The van der Waals surface area contributed by atoms with Crippen molar-refractivity contribution in [3.63, 3.8) is 0 Å². The lowest BCUT2D eigenvalue weighted by atomic mass is 10.3. The molecular weight excluding hydrogens is 278 g/mol. The van der Waals surface area contributed by atoms with Crippen molar-refractivity contribution in [2.75, 3.05) is 32.1 Å². The van der Waals surface area contributed by atoms with E-state index in [9.17, 15) is 0 Å². The Labute approximate surface area is 129 Å². The minimum atomic E-state index is 0.661. The van der Waals surface area contributed by atoms with Gasteiger partial charge in [-0.1, -0.05) is 0 Å². The van der Waals surface area contributed by atoms with E-state index in [0.29, 0.717) is 12.2 Å². The van der Waals surface area contributed by atoms with Crippen molar-refractivity contribution in [3.05, 3.63) is 48.7 Å². The first-order chi connectivity index (χ1) is 10.7. The summed E-state index contributed by atoms with van der Waals surface area (Å²) in [6.07, 6.45) is 5.03. The quantitative estimate of drug-likeness (QED) is 0.695. The van der Waals surface area contributed by atoms with Crippen molar-refractivity contribution in [1.82, 2.24) is 19.9 Å². The first-order valence-corrected chi connectivity index (χ1v) is 7.22. The van der Waals surface area contributed by atoms with E-state index in [-0.39, 0.29) is 0 Å². The number of hydrogen-bond donors (Lipinski definition) is 0. The molecule has 0 aliphatic carbocycles. The number of likely N-dealkylation sites (N-methyl/N-ethyl adjacent to an activating group) is 1. The second-order valence-corrected chi connectivity index (χ2v) is 5.37. The summed E-state index contributed by atoms with van der Waals surface area (Å²) in [6.45, 7) is 2.47. The van der Waals surface area contributed by atoms with Gasteiger partial charge in [0.1, 0.15) is 17.1 Å². The Kier molecular flexibility index (Phi) is 4.29. The van der Waals surface area contributed by atoms with E-state index < -0.39 is 0 Å². The largest absolute Gasteiger partial charge is 0.467 e. The predicted molar refractivity (Wildman–Crippen MR) is 85.6 cm³/mol. The highest BCUT2D eigenvalue weighted by Gasteiger charge is 2.12. The molecule has 3 aromatic rings. The van der Waals surface area contributed by atoms with Crippen LogP contribution in [-0.4, -0.2) is 47.0 Å². The highest BCUT2D eigenvalue weighted by molar-refractivity contribution is 5.71. The summed E-state index contributed by atoms with van der Waals surface area (Å²) in [6, 6.07) is 7.81. The number of hydrogen-bond acceptors (Lipinski definition) is 6. The molecule has 3 heterocycles. The van der Waals surface area contributed by atoms with Crippen LogP contribution in [0.25, 0.3) is 11.2 Å². The van der Waals surface area contributed by atoms with Gasteiger partial charge in [-0.15, -0.1) is 0 Å². The van der Waals surface area contributed by atoms with E-state index >= 15 is 0 Å². The van der Waals surface area contributed by atoms with Crippen LogP contribution in [0.15, 0.2) is 47.3 Å². The maximum Gasteiger partial charge on any atom is 0.180 e. The summed E-state index contributed by atoms with van der Waals surface area (Å²) >= 11 is 0. The third-order valence-electron chi connectivity index (χ3n) is 3.38. The number of rotatable bonds is 6. The third kappa shape index (κ3) is 3.40. The highest BCUT2D eigenvalue weighted by atomic mass is 16.3. The van der Waals surface area contributed by atoms with Crippen molar-refractivity contribution in [2.45, 2.75) is 6.54 Å². The number of furan rings is 1. The predicted octanol–water partition coefficient (Wildman–Crippen LogP) is 2.19. The second kappa shape index (κ2) is 6.53. The van der Waals surface area contributed by atoms with Gasteiger partial charge >= 0.3 is 0 Å². The SMILES string of the molecule is CN(C)CCN(Cc1ccco1)c1ccc2nccnc2n1. The summed E-state index contributed by atoms with van der Waals surface area (Å²) in [5.41, 5.74) is 1.46. The zero-order chi connectivity index (χ0) is 15.4. The van der Waals surface area contributed by atoms with Gasteiger partial charge in [-0.3, -0.25) is 4.98 Å². The van der Waals surface area contributed by atoms with Crippen molar-refractivity contribution in [3.8, 4) is 0 Å². The zero-order valence-corrected chi connectivity index (χ0v) is 12.8. The summed E-state index contributed by atoms with van der Waals surface area (Å²) in [5.74, 6) is 1.80. The third-order valence-corrected chi connectivity index (χ3v) is 3.38. The van der Waals surface area contributed by atoms with Gasteiger partial charge in [0.15, 0.2) is 5.65 Å². The molecule has 0 saturated heterocycles. The Bertz CT molecular complexity index is 726. The molecular formula is C16H19N5O. The first-order valence-electron chi connectivity index (χ1n) is 7.22. The average Bonchev–Trinajstić information content (AvgIpc) is 3.04. The molecule has 0 radical (unpaired) electrons. The van der Waals surface area contributed by atoms with Crippen LogP contribution in [0.5, 0.6) is 0 Å². The molecule has 22 heavy (non-hydrogen) atoms. The lowest BCUT2D eigenvalue weighted by molar-refractivity contribution is 0.407. The normalized spacial score (nSPS) is 11.2. The molecule has 0 saturated carbocycles. The monoisotopic (exact) mass is 297 g/mol. The second-order valence-electron chi connectivity index (χ2n) is 5.37. The lowest BCUT2D eigenvalue weighted by Gasteiger charge is -2.24. The standard InChI is InChI=1S/C16H19N5O/c1-20(2)9-10-21(12-13-4-3-11-22-13)15-6-5-14-16(19-15)18-8-7-17-14/h3-8,11H,9-10,12H2,1-2H3. The molecule has 6 nitrogen and oxygen atoms in total. The molecule has 3 rings (SSSR count). The van der Waals surface area contributed by atoms with Crippen LogP contribution in [-0.2, 0) is 6.54 Å². The Balaban J connectivity index is 1.87. The molecule has 0 fully saturated rings. The summed E-state index contributed by atoms with van der Waals surface area (Å²) < 4.78 is 5.47. The van der Waals surface area contributed by atoms with Gasteiger partial charge < -0.3 is 14.2 Å². The van der Waals surface area contributed by atoms with E-state index in [1.54, 1.807) is 18.7 Å². The minimum Gasteiger partial charge on any atom is -0.467 e. The zero-order valence-electron chi connectivity index (χ0n) is 12.8. The fraction of sp³-hybridized carbons (Fsp3) is 0.312. The average molecular weight is 297 g/mol. The maximum absolute atomic E-state index is 5.47. The fourth-order valence-corrected chi connectivity index (χ4v) is 2.21. The number of anilines is 1. The van der Waals surface area contributed by atoms with Crippen LogP contribution in [0.3, 0.4) is 0 Å². The van der Waals surface area contributed by atoms with Crippen molar-refractivity contribution < 1.29 is 4.42 Å². The first kappa shape index (κ1) is 14.5. The van der Waals surface area contributed by atoms with Crippen LogP contribution >= 0.6 is 0 Å². The molecule has 0 aromatic carbocycles. The fourth-order valence-electron chi connectivity index (χ4n) is 2.21. The minimum absolute atomic E-state index is 0.661. The number of fused-ring (bicyclic) bond motifs is 1. The molecule has 6 heteroatoms. The Morgan fingerprint density at radius 1 is 1.05 bits per heavy atom. The highest BCUT2D eigenvalue weighted by Crippen LogP contribution is 2.17. The van der Waals surface area contributed by atoms with E-state index in [4.69, 9.17) is 4.42 Å². The molecule has 0 unspecified atom stereocenters. The molecule has 0 aliphatic rings. The number of pyridine rings is 1. The Hall–Kier alpha value is -2.47. The smallest absolute Gasteiger partial charge is 0.180 e. The Morgan fingerprint density at radius 3 is 2.68 bits per heavy atom. The molecule has 3 aromatic heterocycles.